The fourth-order valence-electron chi connectivity index (χ4n) is 1.56. The number of carbonyl (C=O) groups is 1. The van der Waals surface area contributed by atoms with Crippen LogP contribution in [0.4, 0.5) is 24.5 Å². The lowest BCUT2D eigenvalue weighted by atomic mass is 10.1. The minimum absolute atomic E-state index is 0.0132. The number of nitrogens with one attached hydrogen (secondary N) is 1. The number of anilines is 2. The van der Waals surface area contributed by atoms with Crippen molar-refractivity contribution in [3.05, 3.63) is 57.8 Å². The van der Waals surface area contributed by atoms with E-state index in [1.54, 1.807) is 0 Å². The molecule has 0 saturated heterocycles. The maximum absolute atomic E-state index is 13.6. The predicted molar refractivity (Wildman–Crippen MR) is 72.8 cm³/mol. The van der Waals surface area contributed by atoms with Crippen LogP contribution in [0.3, 0.4) is 0 Å². The third-order valence-electron chi connectivity index (χ3n) is 2.48. The highest BCUT2D eigenvalue weighted by atomic mass is 79.9. The van der Waals surface area contributed by atoms with Gasteiger partial charge in [-0.2, -0.15) is 0 Å². The number of benzene rings is 2. The van der Waals surface area contributed by atoms with Crippen LogP contribution in [-0.2, 0) is 0 Å². The Morgan fingerprint density at radius 1 is 1.10 bits per heavy atom. The van der Waals surface area contributed by atoms with E-state index in [4.69, 9.17) is 5.73 Å². The number of hydrogen-bond acceptors (Lipinski definition) is 2. The van der Waals surface area contributed by atoms with Crippen LogP contribution in [-0.4, -0.2) is 5.91 Å². The first-order chi connectivity index (χ1) is 9.38. The Morgan fingerprint density at radius 2 is 1.80 bits per heavy atom. The quantitative estimate of drug-likeness (QED) is 0.816. The highest BCUT2D eigenvalue weighted by molar-refractivity contribution is 9.10. The van der Waals surface area contributed by atoms with Gasteiger partial charge in [0.25, 0.3) is 5.91 Å². The van der Waals surface area contributed by atoms with Gasteiger partial charge in [-0.25, -0.2) is 13.2 Å². The summed E-state index contributed by atoms with van der Waals surface area (Å²) in [6, 6.07) is 5.09. The fraction of sp³-hybridized carbons (Fsp3) is 0. The van der Waals surface area contributed by atoms with Gasteiger partial charge in [-0.15, -0.1) is 0 Å². The molecule has 3 nitrogen and oxygen atoms in total. The second kappa shape index (κ2) is 5.54. The van der Waals surface area contributed by atoms with E-state index in [1.807, 2.05) is 0 Å². The van der Waals surface area contributed by atoms with Gasteiger partial charge in [-0.1, -0.05) is 0 Å². The summed E-state index contributed by atoms with van der Waals surface area (Å²) in [4.78, 5) is 11.9. The number of rotatable bonds is 2. The van der Waals surface area contributed by atoms with E-state index in [9.17, 15) is 18.0 Å². The molecule has 0 heterocycles. The van der Waals surface area contributed by atoms with Crippen molar-refractivity contribution in [3.63, 3.8) is 0 Å². The van der Waals surface area contributed by atoms with Crippen LogP contribution in [0.1, 0.15) is 10.4 Å². The van der Waals surface area contributed by atoms with Gasteiger partial charge in [-0.3, -0.25) is 4.79 Å². The molecule has 20 heavy (non-hydrogen) atoms. The van der Waals surface area contributed by atoms with Crippen LogP contribution in [0, 0.1) is 17.5 Å². The molecule has 2 aromatic rings. The number of halogens is 4. The smallest absolute Gasteiger partial charge is 0.258 e. The summed E-state index contributed by atoms with van der Waals surface area (Å²) in [7, 11) is 0. The third kappa shape index (κ3) is 2.93. The molecule has 3 N–H and O–H groups in total. The molecule has 0 aliphatic heterocycles. The average molecular weight is 345 g/mol. The zero-order chi connectivity index (χ0) is 14.9. The van der Waals surface area contributed by atoms with Gasteiger partial charge in [0.05, 0.1) is 11.3 Å². The molecule has 7 heteroatoms. The largest absolute Gasteiger partial charge is 0.399 e. The van der Waals surface area contributed by atoms with Crippen molar-refractivity contribution in [1.82, 2.24) is 0 Å². The van der Waals surface area contributed by atoms with E-state index in [0.29, 0.717) is 6.07 Å². The number of nitrogens with two attached hydrogens (primary N) is 1. The van der Waals surface area contributed by atoms with Crippen molar-refractivity contribution in [1.29, 1.82) is 0 Å². The van der Waals surface area contributed by atoms with Crippen molar-refractivity contribution in [2.24, 2.45) is 0 Å². The first-order valence-electron chi connectivity index (χ1n) is 5.39. The maximum Gasteiger partial charge on any atom is 0.258 e. The Hall–Kier alpha value is -2.02. The van der Waals surface area contributed by atoms with Crippen LogP contribution in [0.2, 0.25) is 0 Å². The van der Waals surface area contributed by atoms with Crippen LogP contribution < -0.4 is 11.1 Å². The molecule has 0 fully saturated rings. The maximum atomic E-state index is 13.6. The highest BCUT2D eigenvalue weighted by Crippen LogP contribution is 2.27. The Kier molecular flexibility index (Phi) is 3.99. The molecular weight excluding hydrogens is 337 g/mol. The normalized spacial score (nSPS) is 10.4. The standard InChI is InChI=1S/C13H8BrF3N2O/c14-9-3-6(15)4-11(17)12(9)19-13(20)8-2-1-7(18)5-10(8)16/h1-5H,18H2,(H,19,20). The van der Waals surface area contributed by atoms with Gasteiger partial charge >= 0.3 is 0 Å². The summed E-state index contributed by atoms with van der Waals surface area (Å²) in [6.45, 7) is 0. The van der Waals surface area contributed by atoms with E-state index in [0.717, 1.165) is 12.1 Å². The summed E-state index contributed by atoms with van der Waals surface area (Å²) in [5.74, 6) is -3.47. The first-order valence-corrected chi connectivity index (χ1v) is 6.18. The van der Waals surface area contributed by atoms with Gasteiger partial charge < -0.3 is 11.1 Å². The van der Waals surface area contributed by atoms with Crippen LogP contribution in [0.5, 0.6) is 0 Å². The number of hydrogen-bond donors (Lipinski definition) is 2. The van der Waals surface area contributed by atoms with Crippen molar-refractivity contribution >= 4 is 33.2 Å². The second-order valence-electron chi connectivity index (χ2n) is 3.94. The zero-order valence-corrected chi connectivity index (χ0v) is 11.5. The minimum atomic E-state index is -0.971. The first kappa shape index (κ1) is 14.4. The highest BCUT2D eigenvalue weighted by Gasteiger charge is 2.16. The summed E-state index contributed by atoms with van der Waals surface area (Å²) in [6.07, 6.45) is 0. The van der Waals surface area contributed by atoms with Crippen molar-refractivity contribution in [3.8, 4) is 0 Å². The Bertz CT molecular complexity index is 668. The van der Waals surface area contributed by atoms with Gasteiger partial charge in [0, 0.05) is 16.2 Å². The molecule has 0 unspecified atom stereocenters. The van der Waals surface area contributed by atoms with Gasteiger partial charge in [0.15, 0.2) is 5.82 Å². The molecule has 0 aliphatic rings. The molecule has 0 saturated carbocycles. The van der Waals surface area contributed by atoms with Gasteiger partial charge in [0.2, 0.25) is 0 Å². The number of carbonyl (C=O) groups excluding carboxylic acids is 1. The van der Waals surface area contributed by atoms with Gasteiger partial charge in [0.1, 0.15) is 11.6 Å². The Labute approximate surface area is 120 Å². The SMILES string of the molecule is Nc1ccc(C(=O)Nc2c(F)cc(F)cc2Br)c(F)c1. The lowest BCUT2D eigenvalue weighted by Crippen LogP contribution is -2.15. The van der Waals surface area contributed by atoms with E-state index in [2.05, 4.69) is 21.2 Å². The van der Waals surface area contributed by atoms with E-state index in [-0.39, 0.29) is 21.4 Å². The van der Waals surface area contributed by atoms with Crippen molar-refractivity contribution < 1.29 is 18.0 Å². The summed E-state index contributed by atoms with van der Waals surface area (Å²) < 4.78 is 40.0. The Balaban J connectivity index is 2.33. The van der Waals surface area contributed by atoms with Gasteiger partial charge in [-0.05, 0) is 40.2 Å². The van der Waals surface area contributed by atoms with Crippen molar-refractivity contribution in [2.45, 2.75) is 0 Å². The molecule has 1 amide bonds. The predicted octanol–water partition coefficient (Wildman–Crippen LogP) is 3.70. The van der Waals surface area contributed by atoms with Crippen LogP contribution in [0.25, 0.3) is 0 Å². The molecule has 0 bridgehead atoms. The monoisotopic (exact) mass is 344 g/mol. The summed E-state index contributed by atoms with van der Waals surface area (Å²) in [5.41, 5.74) is 4.96. The van der Waals surface area contributed by atoms with E-state index >= 15 is 0 Å². The summed E-state index contributed by atoms with van der Waals surface area (Å²) >= 11 is 2.92. The number of amides is 1. The van der Waals surface area contributed by atoms with Crippen molar-refractivity contribution in [2.75, 3.05) is 11.1 Å². The zero-order valence-electron chi connectivity index (χ0n) is 9.88. The van der Waals surface area contributed by atoms with E-state index < -0.39 is 23.4 Å². The molecule has 104 valence electrons. The van der Waals surface area contributed by atoms with Crippen LogP contribution in [0.15, 0.2) is 34.8 Å². The third-order valence-corrected chi connectivity index (χ3v) is 3.11. The molecule has 0 radical (unpaired) electrons. The van der Waals surface area contributed by atoms with Crippen LogP contribution >= 0.6 is 15.9 Å². The van der Waals surface area contributed by atoms with E-state index in [1.165, 1.54) is 12.1 Å². The topological polar surface area (TPSA) is 55.1 Å². The molecule has 2 rings (SSSR count). The minimum Gasteiger partial charge on any atom is -0.399 e. The number of nitrogen functional groups attached to an aromatic ring is 1. The fourth-order valence-corrected chi connectivity index (χ4v) is 2.07. The lowest BCUT2D eigenvalue weighted by Gasteiger charge is -2.09. The molecule has 2 aromatic carbocycles. The second-order valence-corrected chi connectivity index (χ2v) is 4.79. The molecular formula is C13H8BrF3N2O. The molecule has 0 atom stereocenters. The molecule has 0 spiro atoms. The Morgan fingerprint density at radius 3 is 2.40 bits per heavy atom. The molecule has 0 aliphatic carbocycles. The lowest BCUT2D eigenvalue weighted by molar-refractivity contribution is 0.102. The average Bonchev–Trinajstić information content (AvgIpc) is 2.33. The molecule has 0 aromatic heterocycles. The summed E-state index contributed by atoms with van der Waals surface area (Å²) in [5, 5.41) is 2.17.